The van der Waals surface area contributed by atoms with Gasteiger partial charge in [0.05, 0.1) is 0 Å². The Labute approximate surface area is 148 Å². The second-order valence-corrected chi connectivity index (χ2v) is 7.67. The number of hydrogen-bond donors (Lipinski definition) is 1. The lowest BCUT2D eigenvalue weighted by Crippen LogP contribution is -2.39. The van der Waals surface area contributed by atoms with Crippen LogP contribution >= 0.6 is 11.8 Å². The summed E-state index contributed by atoms with van der Waals surface area (Å²) in [6.07, 6.45) is 2.06. The van der Waals surface area contributed by atoms with Crippen LogP contribution in [0.15, 0.2) is 70.6 Å². The van der Waals surface area contributed by atoms with Crippen molar-refractivity contribution in [1.29, 1.82) is 0 Å². The molecule has 0 saturated carbocycles. The summed E-state index contributed by atoms with van der Waals surface area (Å²) in [5, 5.41) is 4.42. The average molecular weight is 337 g/mol. The number of rotatable bonds is 2. The van der Waals surface area contributed by atoms with E-state index in [0.717, 1.165) is 16.2 Å². The first-order chi connectivity index (χ1) is 11.5. The predicted molar refractivity (Wildman–Crippen MR) is 105 cm³/mol. The number of hydrogen-bond acceptors (Lipinski definition) is 4. The molecule has 1 aliphatic rings. The third-order valence-corrected chi connectivity index (χ3v) is 4.63. The quantitative estimate of drug-likeness (QED) is 0.879. The summed E-state index contributed by atoms with van der Waals surface area (Å²) in [6.45, 7) is 6.36. The van der Waals surface area contributed by atoms with Gasteiger partial charge in [0.1, 0.15) is 5.04 Å². The Morgan fingerprint density at radius 2 is 1.38 bits per heavy atom. The third kappa shape index (κ3) is 3.11. The molecule has 0 atom stereocenters. The van der Waals surface area contributed by atoms with E-state index in [4.69, 9.17) is 9.98 Å². The molecule has 0 saturated heterocycles. The second-order valence-electron chi connectivity index (χ2n) is 6.87. The Morgan fingerprint density at radius 3 is 1.79 bits per heavy atom. The maximum Gasteiger partial charge on any atom is 0.220 e. The van der Waals surface area contributed by atoms with Crippen LogP contribution in [0.25, 0.3) is 0 Å². The van der Waals surface area contributed by atoms with E-state index in [1.54, 1.807) is 11.8 Å². The highest BCUT2D eigenvalue weighted by molar-refractivity contribution is 8.13. The lowest BCUT2D eigenvalue weighted by molar-refractivity contribution is 0.508. The summed E-state index contributed by atoms with van der Waals surface area (Å²) < 4.78 is 0. The van der Waals surface area contributed by atoms with Gasteiger partial charge in [0.15, 0.2) is 5.54 Å². The van der Waals surface area contributed by atoms with Crippen molar-refractivity contribution in [2.24, 2.45) is 9.98 Å². The molecule has 1 heterocycles. The summed E-state index contributed by atoms with van der Waals surface area (Å²) in [5.41, 5.74) is 1.61. The smallest absolute Gasteiger partial charge is 0.220 e. The van der Waals surface area contributed by atoms with Gasteiger partial charge in [0, 0.05) is 5.54 Å². The van der Waals surface area contributed by atoms with Gasteiger partial charge in [0.2, 0.25) is 5.96 Å². The highest BCUT2D eigenvalue weighted by Gasteiger charge is 2.43. The van der Waals surface area contributed by atoms with Crippen molar-refractivity contribution >= 4 is 22.8 Å². The summed E-state index contributed by atoms with van der Waals surface area (Å²) in [6, 6.07) is 20.8. The van der Waals surface area contributed by atoms with Gasteiger partial charge >= 0.3 is 0 Å². The molecule has 3 rings (SSSR count). The van der Waals surface area contributed by atoms with Gasteiger partial charge in [0.25, 0.3) is 0 Å². The van der Waals surface area contributed by atoms with E-state index in [0.29, 0.717) is 5.96 Å². The molecule has 0 unspecified atom stereocenters. The molecule has 0 aliphatic carbocycles. The first-order valence-corrected chi connectivity index (χ1v) is 9.30. The van der Waals surface area contributed by atoms with Crippen molar-refractivity contribution in [1.82, 2.24) is 5.32 Å². The van der Waals surface area contributed by atoms with Crippen molar-refractivity contribution in [2.45, 2.75) is 31.8 Å². The van der Waals surface area contributed by atoms with Crippen LogP contribution in [0.4, 0.5) is 0 Å². The molecular weight excluding hydrogens is 314 g/mol. The molecule has 0 fully saturated rings. The Balaban J connectivity index is 2.20. The van der Waals surface area contributed by atoms with Crippen LogP contribution < -0.4 is 5.32 Å². The minimum atomic E-state index is -0.574. The highest BCUT2D eigenvalue weighted by atomic mass is 32.2. The number of thioether (sulfide) groups is 1. The van der Waals surface area contributed by atoms with Crippen LogP contribution in [-0.2, 0) is 5.54 Å². The van der Waals surface area contributed by atoms with Gasteiger partial charge < -0.3 is 5.32 Å². The predicted octanol–water partition coefficient (Wildman–Crippen LogP) is 4.45. The van der Waals surface area contributed by atoms with Gasteiger partial charge in [-0.3, -0.25) is 0 Å². The van der Waals surface area contributed by atoms with Crippen molar-refractivity contribution in [3.05, 3.63) is 71.8 Å². The molecule has 3 nitrogen and oxygen atoms in total. The van der Waals surface area contributed by atoms with Gasteiger partial charge in [-0.25, -0.2) is 9.98 Å². The number of aliphatic imine (C=N–C) groups is 2. The summed E-state index contributed by atoms with van der Waals surface area (Å²) in [4.78, 5) is 9.90. The molecule has 1 N–H and O–H groups in total. The molecule has 0 bridgehead atoms. The minimum Gasteiger partial charge on any atom is -0.350 e. The van der Waals surface area contributed by atoms with Crippen LogP contribution in [0.5, 0.6) is 0 Å². The van der Waals surface area contributed by atoms with E-state index in [2.05, 4.69) is 80.9 Å². The van der Waals surface area contributed by atoms with Crippen molar-refractivity contribution < 1.29 is 0 Å². The molecule has 1 aliphatic heterocycles. The molecule has 2 aromatic carbocycles. The summed E-state index contributed by atoms with van der Waals surface area (Å²) in [5.74, 6) is 0.694. The Morgan fingerprint density at radius 1 is 0.875 bits per heavy atom. The summed E-state index contributed by atoms with van der Waals surface area (Å²) >= 11 is 1.65. The van der Waals surface area contributed by atoms with Crippen LogP contribution in [-0.4, -0.2) is 22.8 Å². The molecular formula is C20H23N3S. The first-order valence-electron chi connectivity index (χ1n) is 8.08. The van der Waals surface area contributed by atoms with E-state index in [1.807, 2.05) is 12.1 Å². The number of nitrogens with one attached hydrogen (secondary N) is 1. The fraction of sp³-hybridized carbons (Fsp3) is 0.300. The van der Waals surface area contributed by atoms with Crippen LogP contribution in [0, 0.1) is 0 Å². The van der Waals surface area contributed by atoms with Crippen LogP contribution in [0.2, 0.25) is 0 Å². The van der Waals surface area contributed by atoms with Crippen molar-refractivity contribution in [2.75, 3.05) is 6.26 Å². The zero-order chi connectivity index (χ0) is 17.2. The molecule has 0 aromatic heterocycles. The van der Waals surface area contributed by atoms with Gasteiger partial charge in [-0.2, -0.15) is 0 Å². The minimum absolute atomic E-state index is 0.0880. The number of nitrogens with zero attached hydrogens (tertiary/aromatic N) is 2. The average Bonchev–Trinajstić information content (AvgIpc) is 2.94. The SMILES string of the molecule is CSC1=NC(NC(C)(C)C)=NC1(c1ccccc1)c1ccccc1. The number of benzene rings is 2. The largest absolute Gasteiger partial charge is 0.350 e. The standard InChI is InChI=1S/C20H23N3S/c1-19(2,3)22-18-21-17(24-4)20(23-18,15-11-7-5-8-12-15)16-13-9-6-10-14-16/h5-14H,1-4H3,(H,22,23). The molecule has 0 radical (unpaired) electrons. The maximum absolute atomic E-state index is 5.08. The fourth-order valence-corrected chi connectivity index (χ4v) is 3.65. The number of guanidine groups is 1. The topological polar surface area (TPSA) is 36.8 Å². The third-order valence-electron chi connectivity index (χ3n) is 3.85. The maximum atomic E-state index is 5.08. The van der Waals surface area contributed by atoms with Gasteiger partial charge in [-0.15, -0.1) is 11.8 Å². The Hall–Kier alpha value is -2.07. The zero-order valence-corrected chi connectivity index (χ0v) is 15.4. The van der Waals surface area contributed by atoms with Crippen LogP contribution in [0.1, 0.15) is 31.9 Å². The monoisotopic (exact) mass is 337 g/mol. The van der Waals surface area contributed by atoms with Crippen molar-refractivity contribution in [3.63, 3.8) is 0 Å². The lowest BCUT2D eigenvalue weighted by atomic mass is 9.84. The molecule has 4 heteroatoms. The Bertz CT molecular complexity index is 719. The Kier molecular flexibility index (Phi) is 4.50. The van der Waals surface area contributed by atoms with Crippen LogP contribution in [0.3, 0.4) is 0 Å². The molecule has 0 amide bonds. The van der Waals surface area contributed by atoms with Gasteiger partial charge in [-0.1, -0.05) is 60.7 Å². The molecule has 24 heavy (non-hydrogen) atoms. The fourth-order valence-electron chi connectivity index (χ4n) is 2.89. The van der Waals surface area contributed by atoms with Crippen molar-refractivity contribution in [3.8, 4) is 0 Å². The molecule has 124 valence electrons. The van der Waals surface area contributed by atoms with E-state index in [-0.39, 0.29) is 5.54 Å². The van der Waals surface area contributed by atoms with E-state index >= 15 is 0 Å². The van der Waals surface area contributed by atoms with E-state index in [9.17, 15) is 0 Å². The first kappa shape index (κ1) is 16.8. The second kappa shape index (κ2) is 6.44. The van der Waals surface area contributed by atoms with E-state index in [1.165, 1.54) is 0 Å². The lowest BCUT2D eigenvalue weighted by Gasteiger charge is -2.28. The highest BCUT2D eigenvalue weighted by Crippen LogP contribution is 2.41. The summed E-state index contributed by atoms with van der Waals surface area (Å²) in [7, 11) is 0. The molecule has 0 spiro atoms. The normalized spacial score (nSPS) is 16.5. The molecule has 2 aromatic rings. The zero-order valence-electron chi connectivity index (χ0n) is 14.6. The van der Waals surface area contributed by atoms with Gasteiger partial charge in [-0.05, 0) is 38.2 Å². The van der Waals surface area contributed by atoms with E-state index < -0.39 is 5.54 Å².